The quantitative estimate of drug-likeness (QED) is 0.504. The molecule has 3 rings (SSSR count). The highest BCUT2D eigenvalue weighted by atomic mass is 32.2. The van der Waals surface area contributed by atoms with E-state index in [9.17, 15) is 17.6 Å². The molecule has 1 fully saturated rings. The molecule has 2 aromatic rings. The number of halogens is 1. The Balaban J connectivity index is 1.85. The van der Waals surface area contributed by atoms with Crippen molar-refractivity contribution in [2.45, 2.75) is 50.7 Å². The lowest BCUT2D eigenvalue weighted by Crippen LogP contribution is -2.31. The Morgan fingerprint density at radius 3 is 2.53 bits per heavy atom. The normalized spacial score (nSPS) is 17.0. The first-order chi connectivity index (χ1) is 16.2. The zero-order valence-corrected chi connectivity index (χ0v) is 20.4. The van der Waals surface area contributed by atoms with E-state index in [0.717, 1.165) is 12.8 Å². The van der Waals surface area contributed by atoms with E-state index in [4.69, 9.17) is 14.2 Å². The molecular weight excluding hydrogens is 463 g/mol. The van der Waals surface area contributed by atoms with E-state index in [1.807, 2.05) is 0 Å². The number of anilines is 1. The fourth-order valence-corrected chi connectivity index (χ4v) is 5.02. The zero-order chi connectivity index (χ0) is 24.7. The fraction of sp³-hybridized carbons (Fsp3) is 0.458. The van der Waals surface area contributed by atoms with Gasteiger partial charge in [-0.25, -0.2) is 12.8 Å². The van der Waals surface area contributed by atoms with Crippen LogP contribution in [0.25, 0.3) is 0 Å². The van der Waals surface area contributed by atoms with Crippen molar-refractivity contribution in [2.24, 2.45) is 0 Å². The summed E-state index contributed by atoms with van der Waals surface area (Å²) < 4.78 is 57.6. The molecule has 0 aliphatic carbocycles. The summed E-state index contributed by atoms with van der Waals surface area (Å²) in [5, 5.41) is 2.72. The van der Waals surface area contributed by atoms with Crippen molar-refractivity contribution in [3.8, 4) is 11.5 Å². The lowest BCUT2D eigenvalue weighted by Gasteiger charge is -2.21. The smallest absolute Gasteiger partial charge is 0.253 e. The number of amides is 1. The van der Waals surface area contributed by atoms with E-state index in [2.05, 4.69) is 5.32 Å². The van der Waals surface area contributed by atoms with Gasteiger partial charge in [0, 0.05) is 19.7 Å². The Bertz CT molecular complexity index is 1070. The third kappa shape index (κ3) is 6.53. The molecule has 0 aromatic heterocycles. The maximum absolute atomic E-state index is 13.3. The molecule has 0 spiro atoms. The van der Waals surface area contributed by atoms with Gasteiger partial charge in [0.25, 0.3) is 5.91 Å². The standard InChI is InChI=1S/C24H31FN2O6S/c1-4-27(5-2)34(29,30)21-12-13-23(33-19-10-8-18(25)9-11-19)22(15-21)26-24(28)17(3)32-16-20-7-6-14-31-20/h8-13,15,17,20H,4-7,14,16H2,1-3H3,(H,26,28). The summed E-state index contributed by atoms with van der Waals surface area (Å²) in [7, 11) is -3.77. The third-order valence-electron chi connectivity index (χ3n) is 5.52. The number of nitrogens with one attached hydrogen (secondary N) is 1. The number of ether oxygens (including phenoxy) is 3. The van der Waals surface area contributed by atoms with Gasteiger partial charge in [-0.2, -0.15) is 4.31 Å². The van der Waals surface area contributed by atoms with Gasteiger partial charge in [0.05, 0.1) is 23.3 Å². The fourth-order valence-electron chi connectivity index (χ4n) is 3.54. The molecule has 1 N–H and O–H groups in total. The van der Waals surface area contributed by atoms with Crippen LogP contribution in [-0.4, -0.2) is 57.1 Å². The second-order valence-electron chi connectivity index (χ2n) is 7.90. The Kier molecular flexibility index (Phi) is 9.01. The molecule has 2 aromatic carbocycles. The molecule has 2 atom stereocenters. The minimum Gasteiger partial charge on any atom is -0.455 e. The molecule has 1 saturated heterocycles. The largest absolute Gasteiger partial charge is 0.455 e. The Hall–Kier alpha value is -2.53. The summed E-state index contributed by atoms with van der Waals surface area (Å²) >= 11 is 0. The minimum absolute atomic E-state index is 0.0193. The van der Waals surface area contributed by atoms with Crippen molar-refractivity contribution < 1.29 is 31.8 Å². The average molecular weight is 495 g/mol. The van der Waals surface area contributed by atoms with Crippen LogP contribution < -0.4 is 10.1 Å². The van der Waals surface area contributed by atoms with E-state index in [-0.39, 0.29) is 22.4 Å². The molecule has 10 heteroatoms. The molecule has 34 heavy (non-hydrogen) atoms. The summed E-state index contributed by atoms with van der Waals surface area (Å²) in [6.07, 6.45) is 1.02. The van der Waals surface area contributed by atoms with Crippen LogP contribution in [0.1, 0.15) is 33.6 Å². The second-order valence-corrected chi connectivity index (χ2v) is 9.84. The van der Waals surface area contributed by atoms with Crippen molar-refractivity contribution >= 4 is 21.6 Å². The molecule has 0 saturated carbocycles. The predicted molar refractivity (Wildman–Crippen MR) is 126 cm³/mol. The van der Waals surface area contributed by atoms with Crippen molar-refractivity contribution in [1.29, 1.82) is 0 Å². The molecule has 1 aliphatic heterocycles. The first-order valence-electron chi connectivity index (χ1n) is 11.4. The maximum Gasteiger partial charge on any atom is 0.253 e. The Labute approximate surface area is 200 Å². The molecule has 0 bridgehead atoms. The summed E-state index contributed by atoms with van der Waals surface area (Å²) in [6, 6.07) is 9.61. The van der Waals surface area contributed by atoms with Gasteiger partial charge in [0.2, 0.25) is 10.0 Å². The number of carbonyl (C=O) groups excluding carboxylic acids is 1. The highest BCUT2D eigenvalue weighted by Crippen LogP contribution is 2.33. The Morgan fingerprint density at radius 2 is 1.91 bits per heavy atom. The van der Waals surface area contributed by atoms with Gasteiger partial charge >= 0.3 is 0 Å². The number of nitrogens with zero attached hydrogens (tertiary/aromatic N) is 1. The topological polar surface area (TPSA) is 94.2 Å². The van der Waals surface area contributed by atoms with Gasteiger partial charge in [0.1, 0.15) is 17.7 Å². The number of carbonyl (C=O) groups is 1. The van der Waals surface area contributed by atoms with Crippen molar-refractivity contribution in [3.63, 3.8) is 0 Å². The van der Waals surface area contributed by atoms with Crippen LogP contribution in [0, 0.1) is 5.82 Å². The molecule has 2 unspecified atom stereocenters. The lowest BCUT2D eigenvalue weighted by molar-refractivity contribution is -0.128. The number of sulfonamides is 1. The van der Waals surface area contributed by atoms with Crippen LogP contribution in [0.5, 0.6) is 11.5 Å². The van der Waals surface area contributed by atoms with Crippen molar-refractivity contribution in [2.75, 3.05) is 31.6 Å². The van der Waals surface area contributed by atoms with Crippen molar-refractivity contribution in [3.05, 3.63) is 48.3 Å². The van der Waals surface area contributed by atoms with Gasteiger partial charge in [0.15, 0.2) is 5.75 Å². The van der Waals surface area contributed by atoms with Crippen LogP contribution in [0.4, 0.5) is 10.1 Å². The summed E-state index contributed by atoms with van der Waals surface area (Å²) in [5.41, 5.74) is 0.162. The SMILES string of the molecule is CCN(CC)S(=O)(=O)c1ccc(Oc2ccc(F)cc2)c(NC(=O)C(C)OCC2CCCO2)c1. The van der Waals surface area contributed by atoms with E-state index in [1.165, 1.54) is 46.8 Å². The molecular formula is C24H31FN2O6S. The molecule has 186 valence electrons. The van der Waals surface area contributed by atoms with Crippen LogP contribution in [0.15, 0.2) is 47.4 Å². The van der Waals surface area contributed by atoms with Gasteiger partial charge in [-0.15, -0.1) is 0 Å². The molecule has 8 nitrogen and oxygen atoms in total. The second kappa shape index (κ2) is 11.7. The number of hydrogen-bond donors (Lipinski definition) is 1. The van der Waals surface area contributed by atoms with Gasteiger partial charge in [-0.1, -0.05) is 13.8 Å². The third-order valence-corrected chi connectivity index (χ3v) is 7.56. The summed E-state index contributed by atoms with van der Waals surface area (Å²) in [6.45, 7) is 6.72. The number of hydrogen-bond acceptors (Lipinski definition) is 6. The average Bonchev–Trinajstić information content (AvgIpc) is 3.34. The first kappa shape index (κ1) is 26.1. The van der Waals surface area contributed by atoms with Crippen LogP contribution >= 0.6 is 0 Å². The molecule has 1 aliphatic rings. The number of benzene rings is 2. The monoisotopic (exact) mass is 494 g/mol. The lowest BCUT2D eigenvalue weighted by atomic mass is 10.2. The van der Waals surface area contributed by atoms with E-state index in [0.29, 0.717) is 32.1 Å². The summed E-state index contributed by atoms with van der Waals surface area (Å²) in [5.74, 6) is -0.332. The molecule has 1 amide bonds. The van der Waals surface area contributed by atoms with Gasteiger partial charge in [-0.3, -0.25) is 4.79 Å². The predicted octanol–water partition coefficient (Wildman–Crippen LogP) is 4.17. The maximum atomic E-state index is 13.3. The zero-order valence-electron chi connectivity index (χ0n) is 19.6. The molecule has 0 radical (unpaired) electrons. The first-order valence-corrected chi connectivity index (χ1v) is 12.8. The van der Waals surface area contributed by atoms with E-state index >= 15 is 0 Å². The highest BCUT2D eigenvalue weighted by Gasteiger charge is 2.25. The number of rotatable bonds is 11. The minimum atomic E-state index is -3.77. The Morgan fingerprint density at radius 1 is 1.21 bits per heavy atom. The van der Waals surface area contributed by atoms with E-state index in [1.54, 1.807) is 20.8 Å². The van der Waals surface area contributed by atoms with Gasteiger partial charge < -0.3 is 19.5 Å². The van der Waals surface area contributed by atoms with E-state index < -0.39 is 27.9 Å². The summed E-state index contributed by atoms with van der Waals surface area (Å²) in [4.78, 5) is 12.9. The van der Waals surface area contributed by atoms with Crippen LogP contribution in [0.2, 0.25) is 0 Å². The van der Waals surface area contributed by atoms with Crippen LogP contribution in [0.3, 0.4) is 0 Å². The van der Waals surface area contributed by atoms with Crippen LogP contribution in [-0.2, 0) is 24.3 Å². The van der Waals surface area contributed by atoms with Gasteiger partial charge in [-0.05, 0) is 62.2 Å². The highest BCUT2D eigenvalue weighted by molar-refractivity contribution is 7.89. The molecule has 1 heterocycles. The van der Waals surface area contributed by atoms with Crippen molar-refractivity contribution in [1.82, 2.24) is 4.31 Å².